The molecule has 0 unspecified atom stereocenters. The van der Waals surface area contributed by atoms with Gasteiger partial charge >= 0.3 is 6.18 Å². The van der Waals surface area contributed by atoms with Crippen LogP contribution in [-0.2, 0) is 11.0 Å². The first-order valence-electron chi connectivity index (χ1n) is 12.2. The van der Waals surface area contributed by atoms with Gasteiger partial charge in [0.05, 0.1) is 11.3 Å². The second kappa shape index (κ2) is 10.2. The second-order valence-electron chi connectivity index (χ2n) is 9.26. The first-order chi connectivity index (χ1) is 18.2. The quantitative estimate of drug-likeness (QED) is 0.321. The van der Waals surface area contributed by atoms with E-state index >= 15 is 0 Å². The van der Waals surface area contributed by atoms with Gasteiger partial charge in [0.15, 0.2) is 0 Å². The van der Waals surface area contributed by atoms with Crippen LogP contribution in [0, 0.1) is 6.92 Å². The highest BCUT2D eigenvalue weighted by Gasteiger charge is 2.35. The molecular formula is C29H25F3N4O2. The van der Waals surface area contributed by atoms with Gasteiger partial charge in [-0.2, -0.15) is 13.2 Å². The molecule has 0 radical (unpaired) electrons. The Morgan fingerprint density at radius 3 is 2.26 bits per heavy atom. The molecule has 1 heterocycles. The molecule has 5 rings (SSSR count). The lowest BCUT2D eigenvalue weighted by Crippen LogP contribution is -2.40. The Kier molecular flexibility index (Phi) is 6.75. The SMILES string of the molecule is Cc1ccccc1C(=O)N(CC(=O)Nc1nc(-c2ccccc2)cn1-c1ccc(C(F)(F)F)cc1)C1CC1. The van der Waals surface area contributed by atoms with Crippen molar-refractivity contribution in [2.45, 2.75) is 32.0 Å². The van der Waals surface area contributed by atoms with E-state index in [-0.39, 0.29) is 24.4 Å². The molecule has 1 N–H and O–H groups in total. The molecule has 3 aromatic carbocycles. The first kappa shape index (κ1) is 25.3. The highest BCUT2D eigenvalue weighted by molar-refractivity contribution is 6.00. The van der Waals surface area contributed by atoms with Crippen molar-refractivity contribution in [1.82, 2.24) is 14.5 Å². The molecule has 1 aliphatic carbocycles. The van der Waals surface area contributed by atoms with E-state index in [4.69, 9.17) is 0 Å². The fraction of sp³-hybridized carbons (Fsp3) is 0.207. The third-order valence-corrected chi connectivity index (χ3v) is 6.44. The molecular weight excluding hydrogens is 493 g/mol. The number of aryl methyl sites for hydroxylation is 1. The molecule has 0 bridgehead atoms. The van der Waals surface area contributed by atoms with Crippen LogP contribution in [0.25, 0.3) is 16.9 Å². The van der Waals surface area contributed by atoms with E-state index in [1.54, 1.807) is 23.2 Å². The van der Waals surface area contributed by atoms with Crippen LogP contribution >= 0.6 is 0 Å². The van der Waals surface area contributed by atoms with Crippen LogP contribution in [0.3, 0.4) is 0 Å². The van der Waals surface area contributed by atoms with Gasteiger partial charge in [-0.1, -0.05) is 48.5 Å². The highest BCUT2D eigenvalue weighted by Crippen LogP contribution is 2.32. The van der Waals surface area contributed by atoms with Crippen molar-refractivity contribution in [3.63, 3.8) is 0 Å². The summed E-state index contributed by atoms with van der Waals surface area (Å²) in [7, 11) is 0. The maximum Gasteiger partial charge on any atom is 0.416 e. The van der Waals surface area contributed by atoms with E-state index in [1.807, 2.05) is 49.4 Å². The Bertz CT molecular complexity index is 1460. The largest absolute Gasteiger partial charge is 0.416 e. The number of benzene rings is 3. The minimum absolute atomic E-state index is 0.0117. The summed E-state index contributed by atoms with van der Waals surface area (Å²) < 4.78 is 40.8. The lowest BCUT2D eigenvalue weighted by Gasteiger charge is -2.23. The minimum atomic E-state index is -4.46. The van der Waals surface area contributed by atoms with Gasteiger partial charge in [0.2, 0.25) is 11.9 Å². The fourth-order valence-electron chi connectivity index (χ4n) is 4.26. The summed E-state index contributed by atoms with van der Waals surface area (Å²) in [5, 5.41) is 2.77. The van der Waals surface area contributed by atoms with Gasteiger partial charge in [-0.15, -0.1) is 0 Å². The van der Waals surface area contributed by atoms with E-state index in [1.165, 1.54) is 16.7 Å². The molecule has 6 nitrogen and oxygen atoms in total. The highest BCUT2D eigenvalue weighted by atomic mass is 19.4. The first-order valence-corrected chi connectivity index (χ1v) is 12.2. The number of amides is 2. The number of nitrogens with one attached hydrogen (secondary N) is 1. The average molecular weight is 519 g/mol. The van der Waals surface area contributed by atoms with Crippen LogP contribution in [0.15, 0.2) is 85.1 Å². The third kappa shape index (κ3) is 5.46. The summed E-state index contributed by atoms with van der Waals surface area (Å²) in [6, 6.07) is 21.1. The molecule has 194 valence electrons. The Balaban J connectivity index is 1.43. The number of nitrogens with zero attached hydrogens (tertiary/aromatic N) is 3. The van der Waals surface area contributed by atoms with Crippen molar-refractivity contribution in [2.24, 2.45) is 0 Å². The second-order valence-corrected chi connectivity index (χ2v) is 9.26. The van der Waals surface area contributed by atoms with Gasteiger partial charge < -0.3 is 4.90 Å². The van der Waals surface area contributed by atoms with Gasteiger partial charge in [0.1, 0.15) is 6.54 Å². The number of carbonyl (C=O) groups excluding carboxylic acids is 2. The van der Waals surface area contributed by atoms with E-state index < -0.39 is 17.6 Å². The number of imidazole rings is 1. The number of carbonyl (C=O) groups is 2. The van der Waals surface area contributed by atoms with Crippen molar-refractivity contribution in [3.8, 4) is 16.9 Å². The number of alkyl halides is 3. The summed E-state index contributed by atoms with van der Waals surface area (Å²) >= 11 is 0. The summed E-state index contributed by atoms with van der Waals surface area (Å²) in [4.78, 5) is 32.6. The predicted molar refractivity (Wildman–Crippen MR) is 138 cm³/mol. The maximum atomic E-state index is 13.3. The minimum Gasteiger partial charge on any atom is -0.326 e. The zero-order valence-corrected chi connectivity index (χ0v) is 20.6. The van der Waals surface area contributed by atoms with Crippen molar-refractivity contribution < 1.29 is 22.8 Å². The van der Waals surface area contributed by atoms with Gasteiger partial charge in [-0.25, -0.2) is 4.98 Å². The summed E-state index contributed by atoms with van der Waals surface area (Å²) in [5.74, 6) is -0.512. The molecule has 38 heavy (non-hydrogen) atoms. The van der Waals surface area contributed by atoms with E-state index in [2.05, 4.69) is 10.3 Å². The van der Waals surface area contributed by atoms with Gasteiger partial charge in [0.25, 0.3) is 5.91 Å². The van der Waals surface area contributed by atoms with Crippen LogP contribution in [0.2, 0.25) is 0 Å². The number of hydrogen-bond acceptors (Lipinski definition) is 3. The Hall–Kier alpha value is -4.40. The van der Waals surface area contributed by atoms with Crippen LogP contribution < -0.4 is 5.32 Å². The summed E-state index contributed by atoms with van der Waals surface area (Å²) in [6.07, 6.45) is -1.16. The maximum absolute atomic E-state index is 13.3. The van der Waals surface area contributed by atoms with E-state index in [0.717, 1.165) is 36.1 Å². The molecule has 1 aliphatic rings. The van der Waals surface area contributed by atoms with Gasteiger partial charge in [0, 0.05) is 29.1 Å². The third-order valence-electron chi connectivity index (χ3n) is 6.44. The molecule has 1 fully saturated rings. The summed E-state index contributed by atoms with van der Waals surface area (Å²) in [6.45, 7) is 1.68. The topological polar surface area (TPSA) is 67.2 Å². The summed E-state index contributed by atoms with van der Waals surface area (Å²) in [5.41, 5.74) is 2.32. The van der Waals surface area contributed by atoms with E-state index in [0.29, 0.717) is 16.9 Å². The molecule has 1 saturated carbocycles. The van der Waals surface area contributed by atoms with Crippen molar-refractivity contribution in [3.05, 3.63) is 102 Å². The normalized spacial score (nSPS) is 13.3. The lowest BCUT2D eigenvalue weighted by atomic mass is 10.1. The molecule has 1 aromatic heterocycles. The fourth-order valence-corrected chi connectivity index (χ4v) is 4.26. The van der Waals surface area contributed by atoms with Crippen LogP contribution in [-0.4, -0.2) is 38.9 Å². The Labute approximate surface area is 217 Å². The smallest absolute Gasteiger partial charge is 0.326 e. The molecule has 0 saturated heterocycles. The standard InChI is InChI=1S/C29H25F3N4O2/c1-19-7-5-6-10-24(19)27(38)35(22-15-16-22)18-26(37)34-28-33-25(20-8-3-2-4-9-20)17-36(28)23-13-11-21(12-14-23)29(30,31)32/h2-14,17,22H,15-16,18H2,1H3,(H,33,34,37). The Morgan fingerprint density at radius 1 is 0.974 bits per heavy atom. The molecule has 0 aliphatic heterocycles. The van der Waals surface area contributed by atoms with Crippen molar-refractivity contribution in [1.29, 1.82) is 0 Å². The predicted octanol–water partition coefficient (Wildman–Crippen LogP) is 6.11. The Morgan fingerprint density at radius 2 is 1.63 bits per heavy atom. The monoisotopic (exact) mass is 518 g/mol. The lowest BCUT2D eigenvalue weighted by molar-refractivity contribution is -0.137. The van der Waals surface area contributed by atoms with Gasteiger partial charge in [-0.3, -0.25) is 19.5 Å². The zero-order valence-electron chi connectivity index (χ0n) is 20.6. The van der Waals surface area contributed by atoms with Crippen LogP contribution in [0.5, 0.6) is 0 Å². The van der Waals surface area contributed by atoms with Crippen LogP contribution in [0.1, 0.15) is 34.3 Å². The van der Waals surface area contributed by atoms with Gasteiger partial charge in [-0.05, 0) is 55.7 Å². The zero-order chi connectivity index (χ0) is 26.9. The number of aromatic nitrogens is 2. The number of anilines is 1. The number of hydrogen-bond donors (Lipinski definition) is 1. The van der Waals surface area contributed by atoms with Crippen molar-refractivity contribution in [2.75, 3.05) is 11.9 Å². The number of halogens is 3. The molecule has 0 atom stereocenters. The molecule has 2 amide bonds. The average Bonchev–Trinajstić information content (AvgIpc) is 3.67. The van der Waals surface area contributed by atoms with Crippen LogP contribution in [0.4, 0.5) is 19.1 Å². The molecule has 0 spiro atoms. The van der Waals surface area contributed by atoms with Crippen molar-refractivity contribution >= 4 is 17.8 Å². The molecule has 9 heteroatoms. The van der Waals surface area contributed by atoms with E-state index in [9.17, 15) is 22.8 Å². The number of rotatable bonds is 7. The molecule has 4 aromatic rings.